The van der Waals surface area contributed by atoms with E-state index in [0.29, 0.717) is 16.4 Å². The molecule has 3 heterocycles. The molecule has 0 saturated carbocycles. The van der Waals surface area contributed by atoms with E-state index in [-0.39, 0.29) is 10.7 Å². The molecular weight excluding hydrogens is 355 g/mol. The fraction of sp³-hybridized carbons (Fsp3) is 0.188. The number of aromatic nitrogens is 5. The van der Waals surface area contributed by atoms with E-state index in [4.69, 9.17) is 11.6 Å². The third-order valence-corrected chi connectivity index (χ3v) is 4.21. The fourth-order valence-electron chi connectivity index (χ4n) is 2.95. The molecule has 3 aromatic heterocycles. The van der Waals surface area contributed by atoms with Gasteiger partial charge in [0.05, 0.1) is 11.2 Å². The first-order valence-corrected chi connectivity index (χ1v) is 7.70. The summed E-state index contributed by atoms with van der Waals surface area (Å²) in [6, 6.07) is 6.97. The molecular formula is C16H11ClF3N5. The van der Waals surface area contributed by atoms with Gasteiger partial charge in [0.2, 0.25) is 0 Å². The van der Waals surface area contributed by atoms with Crippen LogP contribution in [0.25, 0.3) is 33.2 Å². The SMILES string of the molecule is Cn1ccc(-c2ccc3c(c2)c2ncnc(Cl)c2n3CC(F)(F)F)n1. The van der Waals surface area contributed by atoms with Gasteiger partial charge < -0.3 is 4.57 Å². The number of aryl methyl sites for hydroxylation is 1. The molecule has 1 aromatic carbocycles. The Morgan fingerprint density at radius 2 is 1.96 bits per heavy atom. The van der Waals surface area contributed by atoms with E-state index in [0.717, 1.165) is 15.8 Å². The number of fused-ring (bicyclic) bond motifs is 3. The quantitative estimate of drug-likeness (QED) is 0.500. The molecule has 0 amide bonds. The Labute approximate surface area is 144 Å². The van der Waals surface area contributed by atoms with Crippen molar-refractivity contribution >= 4 is 33.5 Å². The topological polar surface area (TPSA) is 48.5 Å². The normalized spacial score (nSPS) is 12.4. The van der Waals surface area contributed by atoms with Crippen LogP contribution in [0.5, 0.6) is 0 Å². The van der Waals surface area contributed by atoms with Crippen molar-refractivity contribution in [3.63, 3.8) is 0 Å². The molecule has 0 radical (unpaired) electrons. The second kappa shape index (κ2) is 5.45. The van der Waals surface area contributed by atoms with Crippen LogP contribution >= 0.6 is 11.6 Å². The predicted octanol–water partition coefficient (Wildman–Crippen LogP) is 4.20. The van der Waals surface area contributed by atoms with Gasteiger partial charge in [0.1, 0.15) is 23.9 Å². The van der Waals surface area contributed by atoms with Gasteiger partial charge >= 0.3 is 6.18 Å². The van der Waals surface area contributed by atoms with Crippen molar-refractivity contribution in [2.24, 2.45) is 7.05 Å². The molecule has 0 spiro atoms. The van der Waals surface area contributed by atoms with Crippen molar-refractivity contribution in [2.75, 3.05) is 0 Å². The van der Waals surface area contributed by atoms with Gasteiger partial charge in [0.25, 0.3) is 0 Å². The Balaban J connectivity index is 2.03. The summed E-state index contributed by atoms with van der Waals surface area (Å²) in [4.78, 5) is 7.98. The molecule has 0 saturated heterocycles. The number of halogens is 4. The lowest BCUT2D eigenvalue weighted by atomic mass is 10.1. The van der Waals surface area contributed by atoms with Crippen molar-refractivity contribution in [3.8, 4) is 11.3 Å². The van der Waals surface area contributed by atoms with E-state index in [1.54, 1.807) is 36.1 Å². The first-order chi connectivity index (χ1) is 11.8. The van der Waals surface area contributed by atoms with Gasteiger partial charge in [0.15, 0.2) is 5.15 Å². The first kappa shape index (κ1) is 15.9. The molecule has 25 heavy (non-hydrogen) atoms. The maximum Gasteiger partial charge on any atom is 0.406 e. The van der Waals surface area contributed by atoms with Crippen LogP contribution in [0.4, 0.5) is 13.2 Å². The summed E-state index contributed by atoms with van der Waals surface area (Å²) in [5.41, 5.74) is 2.47. The number of benzene rings is 1. The zero-order valence-electron chi connectivity index (χ0n) is 12.9. The van der Waals surface area contributed by atoms with Crippen LogP contribution < -0.4 is 0 Å². The summed E-state index contributed by atoms with van der Waals surface area (Å²) in [7, 11) is 1.80. The molecule has 5 nitrogen and oxygen atoms in total. The molecule has 4 rings (SSSR count). The molecule has 0 aliphatic heterocycles. The lowest BCUT2D eigenvalue weighted by Gasteiger charge is -2.10. The number of alkyl halides is 3. The molecule has 9 heteroatoms. The molecule has 0 bridgehead atoms. The van der Waals surface area contributed by atoms with Gasteiger partial charge in [-0.2, -0.15) is 18.3 Å². The summed E-state index contributed by atoms with van der Waals surface area (Å²) in [6.07, 6.45) is -1.35. The smallest absolute Gasteiger partial charge is 0.327 e. The second-order valence-electron chi connectivity index (χ2n) is 5.67. The number of nitrogens with zero attached hydrogens (tertiary/aromatic N) is 5. The Morgan fingerprint density at radius 1 is 1.16 bits per heavy atom. The van der Waals surface area contributed by atoms with Crippen LogP contribution in [0.1, 0.15) is 0 Å². The van der Waals surface area contributed by atoms with Crippen LogP contribution in [0.2, 0.25) is 5.15 Å². The Bertz CT molecular complexity index is 1100. The van der Waals surface area contributed by atoms with Crippen molar-refractivity contribution < 1.29 is 13.2 Å². The molecule has 0 aliphatic rings. The molecule has 0 aliphatic carbocycles. The van der Waals surface area contributed by atoms with Crippen LogP contribution in [0.3, 0.4) is 0 Å². The second-order valence-corrected chi connectivity index (χ2v) is 6.03. The number of rotatable bonds is 2. The highest BCUT2D eigenvalue weighted by Crippen LogP contribution is 2.35. The maximum absolute atomic E-state index is 13.0. The number of hydrogen-bond acceptors (Lipinski definition) is 3. The minimum atomic E-state index is -4.39. The van der Waals surface area contributed by atoms with Crippen molar-refractivity contribution in [1.82, 2.24) is 24.3 Å². The van der Waals surface area contributed by atoms with Crippen LogP contribution in [-0.4, -0.2) is 30.5 Å². The third-order valence-electron chi connectivity index (χ3n) is 3.94. The Morgan fingerprint density at radius 3 is 2.64 bits per heavy atom. The predicted molar refractivity (Wildman–Crippen MR) is 88.3 cm³/mol. The van der Waals surface area contributed by atoms with E-state index >= 15 is 0 Å². The lowest BCUT2D eigenvalue weighted by molar-refractivity contribution is -0.139. The summed E-state index contributed by atoms with van der Waals surface area (Å²) < 4.78 is 41.9. The summed E-state index contributed by atoms with van der Waals surface area (Å²) in [6.45, 7) is -1.16. The van der Waals surface area contributed by atoms with Gasteiger partial charge in [0, 0.05) is 24.2 Å². The average Bonchev–Trinajstić information content (AvgIpc) is 3.09. The number of hydrogen-bond donors (Lipinski definition) is 0. The van der Waals surface area contributed by atoms with E-state index in [1.165, 1.54) is 6.33 Å². The van der Waals surface area contributed by atoms with Crippen LogP contribution in [-0.2, 0) is 13.6 Å². The van der Waals surface area contributed by atoms with Crippen LogP contribution in [0, 0.1) is 0 Å². The van der Waals surface area contributed by atoms with Crippen molar-refractivity contribution in [1.29, 1.82) is 0 Å². The highest BCUT2D eigenvalue weighted by molar-refractivity contribution is 6.34. The highest BCUT2D eigenvalue weighted by Gasteiger charge is 2.30. The molecule has 0 N–H and O–H groups in total. The zero-order valence-corrected chi connectivity index (χ0v) is 13.7. The third kappa shape index (κ3) is 2.72. The average molecular weight is 366 g/mol. The van der Waals surface area contributed by atoms with Gasteiger partial charge in [-0.05, 0) is 18.2 Å². The molecule has 4 aromatic rings. The van der Waals surface area contributed by atoms with E-state index in [9.17, 15) is 13.2 Å². The Kier molecular flexibility index (Phi) is 3.47. The molecule has 0 atom stereocenters. The fourth-order valence-corrected chi connectivity index (χ4v) is 3.18. The van der Waals surface area contributed by atoms with Gasteiger partial charge in [-0.15, -0.1) is 0 Å². The largest absolute Gasteiger partial charge is 0.406 e. The summed E-state index contributed by atoms with van der Waals surface area (Å²) in [5, 5.41) is 4.89. The van der Waals surface area contributed by atoms with Crippen LogP contribution in [0.15, 0.2) is 36.8 Å². The van der Waals surface area contributed by atoms with Crippen molar-refractivity contribution in [2.45, 2.75) is 12.7 Å². The maximum atomic E-state index is 13.0. The van der Waals surface area contributed by atoms with E-state index < -0.39 is 12.7 Å². The monoisotopic (exact) mass is 365 g/mol. The standard InChI is InChI=1S/C16H11ClF3N5/c1-24-5-4-11(23-24)9-2-3-12-10(6-9)13-14(15(17)22-8-21-13)25(12)7-16(18,19)20/h2-6,8H,7H2,1H3. The van der Waals surface area contributed by atoms with Crippen molar-refractivity contribution in [3.05, 3.63) is 41.9 Å². The zero-order chi connectivity index (χ0) is 17.8. The summed E-state index contributed by atoms with van der Waals surface area (Å²) >= 11 is 6.07. The molecule has 0 unspecified atom stereocenters. The van der Waals surface area contributed by atoms with Gasteiger partial charge in [-0.1, -0.05) is 17.7 Å². The van der Waals surface area contributed by atoms with E-state index in [1.807, 2.05) is 6.07 Å². The van der Waals surface area contributed by atoms with Gasteiger partial charge in [-0.25, -0.2) is 9.97 Å². The van der Waals surface area contributed by atoms with Gasteiger partial charge in [-0.3, -0.25) is 4.68 Å². The molecule has 0 fully saturated rings. The molecule has 128 valence electrons. The lowest BCUT2D eigenvalue weighted by Crippen LogP contribution is -2.17. The minimum Gasteiger partial charge on any atom is -0.327 e. The van der Waals surface area contributed by atoms with E-state index in [2.05, 4.69) is 15.1 Å². The Hall–Kier alpha value is -2.61. The summed E-state index contributed by atoms with van der Waals surface area (Å²) in [5.74, 6) is 0. The minimum absolute atomic E-state index is 0.00941. The highest BCUT2D eigenvalue weighted by atomic mass is 35.5. The first-order valence-electron chi connectivity index (χ1n) is 7.33.